The van der Waals surface area contributed by atoms with Crippen LogP contribution in [0.2, 0.25) is 0 Å². The zero-order chi connectivity index (χ0) is 10.7. The average Bonchev–Trinajstić information content (AvgIpc) is 2.97. The van der Waals surface area contributed by atoms with E-state index in [9.17, 15) is 0 Å². The van der Waals surface area contributed by atoms with Gasteiger partial charge >= 0.3 is 0 Å². The molecule has 1 aromatic rings. The minimum atomic E-state index is 0.546. The van der Waals surface area contributed by atoms with E-state index >= 15 is 0 Å². The largest absolute Gasteiger partial charge is 0.467 e. The number of hydrazine groups is 1. The lowest BCUT2D eigenvalue weighted by Gasteiger charge is -2.23. The summed E-state index contributed by atoms with van der Waals surface area (Å²) >= 11 is 0. The van der Waals surface area contributed by atoms with Crippen LogP contribution < -0.4 is 11.3 Å². The summed E-state index contributed by atoms with van der Waals surface area (Å²) in [4.78, 5) is 6.25. The summed E-state index contributed by atoms with van der Waals surface area (Å²) in [7, 11) is 1.73. The molecule has 5 nitrogen and oxygen atoms in total. The number of nitrogens with two attached hydrogens (primary N) is 1. The quantitative estimate of drug-likeness (QED) is 0.332. The number of guanidine groups is 1. The topological polar surface area (TPSA) is 66.8 Å². The molecule has 0 unspecified atom stereocenters. The summed E-state index contributed by atoms with van der Waals surface area (Å²) in [5.74, 6) is 7.07. The fraction of sp³-hybridized carbons (Fsp3) is 0.500. The molecule has 1 aliphatic carbocycles. The fourth-order valence-corrected chi connectivity index (χ4v) is 1.61. The molecule has 5 heteroatoms. The number of hydrogen-bond acceptors (Lipinski definition) is 3. The first kappa shape index (κ1) is 10.0. The van der Waals surface area contributed by atoms with Crippen LogP contribution in [-0.2, 0) is 6.54 Å². The SMILES string of the molecule is CN=C(NN)N(Cc1ccco1)C1CC1. The van der Waals surface area contributed by atoms with Crippen molar-refractivity contribution < 1.29 is 4.42 Å². The lowest BCUT2D eigenvalue weighted by atomic mass is 10.4. The van der Waals surface area contributed by atoms with Gasteiger partial charge in [-0.25, -0.2) is 5.84 Å². The van der Waals surface area contributed by atoms with Gasteiger partial charge in [-0.2, -0.15) is 0 Å². The minimum Gasteiger partial charge on any atom is -0.467 e. The molecule has 0 bridgehead atoms. The Kier molecular flexibility index (Phi) is 2.91. The van der Waals surface area contributed by atoms with Crippen LogP contribution in [0.5, 0.6) is 0 Å². The lowest BCUT2D eigenvalue weighted by molar-refractivity contribution is 0.343. The van der Waals surface area contributed by atoms with Crippen LogP contribution in [0, 0.1) is 0 Å². The number of nitrogens with one attached hydrogen (secondary N) is 1. The van der Waals surface area contributed by atoms with E-state index in [4.69, 9.17) is 10.3 Å². The van der Waals surface area contributed by atoms with Gasteiger partial charge in [0.1, 0.15) is 5.76 Å². The standard InChI is InChI=1S/C10H16N4O/c1-12-10(13-11)14(8-4-5-8)7-9-3-2-6-15-9/h2-3,6,8H,4-5,7,11H2,1H3,(H,12,13). The molecule has 15 heavy (non-hydrogen) atoms. The first-order valence-corrected chi connectivity index (χ1v) is 5.07. The van der Waals surface area contributed by atoms with Gasteiger partial charge in [0, 0.05) is 13.1 Å². The predicted octanol–water partition coefficient (Wildman–Crippen LogP) is 0.693. The van der Waals surface area contributed by atoms with Crippen molar-refractivity contribution in [2.24, 2.45) is 10.8 Å². The van der Waals surface area contributed by atoms with Crippen molar-refractivity contribution in [2.75, 3.05) is 7.05 Å². The summed E-state index contributed by atoms with van der Waals surface area (Å²) in [6.45, 7) is 0.717. The van der Waals surface area contributed by atoms with E-state index in [2.05, 4.69) is 15.3 Å². The Labute approximate surface area is 88.9 Å². The molecule has 82 valence electrons. The third-order valence-electron chi connectivity index (χ3n) is 2.51. The summed E-state index contributed by atoms with van der Waals surface area (Å²) in [6, 6.07) is 4.39. The second-order valence-corrected chi connectivity index (χ2v) is 3.63. The Morgan fingerprint density at radius 3 is 3.00 bits per heavy atom. The number of nitrogens with zero attached hydrogens (tertiary/aromatic N) is 2. The molecule has 1 fully saturated rings. The van der Waals surface area contributed by atoms with Crippen molar-refractivity contribution in [3.05, 3.63) is 24.2 Å². The first-order valence-electron chi connectivity index (χ1n) is 5.07. The van der Waals surface area contributed by atoms with Crippen LogP contribution in [0.25, 0.3) is 0 Å². The number of hydrogen-bond donors (Lipinski definition) is 2. The average molecular weight is 208 g/mol. The third kappa shape index (κ3) is 2.30. The molecule has 0 aliphatic heterocycles. The molecule has 0 atom stereocenters. The first-order chi connectivity index (χ1) is 7.35. The van der Waals surface area contributed by atoms with Gasteiger partial charge < -0.3 is 9.32 Å². The minimum absolute atomic E-state index is 0.546. The van der Waals surface area contributed by atoms with Crippen LogP contribution in [0.1, 0.15) is 18.6 Å². The molecule has 0 aromatic carbocycles. The normalized spacial score (nSPS) is 16.5. The highest BCUT2D eigenvalue weighted by molar-refractivity contribution is 5.79. The van der Waals surface area contributed by atoms with Crippen molar-refractivity contribution in [3.63, 3.8) is 0 Å². The summed E-state index contributed by atoms with van der Waals surface area (Å²) in [6.07, 6.45) is 4.07. The van der Waals surface area contributed by atoms with Gasteiger partial charge in [-0.05, 0) is 25.0 Å². The Balaban J connectivity index is 2.06. The van der Waals surface area contributed by atoms with Gasteiger partial charge in [0.2, 0.25) is 5.96 Å². The molecular weight excluding hydrogens is 192 g/mol. The lowest BCUT2D eigenvalue weighted by Crippen LogP contribution is -2.45. The maximum atomic E-state index is 5.43. The smallest absolute Gasteiger partial charge is 0.208 e. The second kappa shape index (κ2) is 4.35. The molecular formula is C10H16N4O. The Hall–Kier alpha value is -1.49. The van der Waals surface area contributed by atoms with Crippen molar-refractivity contribution in [2.45, 2.75) is 25.4 Å². The highest BCUT2D eigenvalue weighted by Crippen LogP contribution is 2.28. The zero-order valence-corrected chi connectivity index (χ0v) is 8.81. The molecule has 3 N–H and O–H groups in total. The van der Waals surface area contributed by atoms with Gasteiger partial charge in [0.25, 0.3) is 0 Å². The van der Waals surface area contributed by atoms with E-state index < -0.39 is 0 Å². The summed E-state index contributed by atoms with van der Waals surface area (Å²) in [5.41, 5.74) is 2.62. The van der Waals surface area contributed by atoms with Gasteiger partial charge in [-0.1, -0.05) is 0 Å². The molecule has 0 spiro atoms. The summed E-state index contributed by atoms with van der Waals surface area (Å²) < 4.78 is 5.32. The van der Waals surface area contributed by atoms with E-state index in [1.165, 1.54) is 12.8 Å². The molecule has 0 saturated heterocycles. The van der Waals surface area contributed by atoms with Crippen LogP contribution >= 0.6 is 0 Å². The van der Waals surface area contributed by atoms with E-state index in [1.54, 1.807) is 13.3 Å². The molecule has 1 heterocycles. The van der Waals surface area contributed by atoms with Crippen LogP contribution in [0.15, 0.2) is 27.8 Å². The highest BCUT2D eigenvalue weighted by atomic mass is 16.3. The second-order valence-electron chi connectivity index (χ2n) is 3.63. The third-order valence-corrected chi connectivity index (χ3v) is 2.51. The van der Waals surface area contributed by atoms with E-state index in [-0.39, 0.29) is 0 Å². The Morgan fingerprint density at radius 2 is 2.53 bits per heavy atom. The van der Waals surface area contributed by atoms with Crippen LogP contribution in [-0.4, -0.2) is 23.9 Å². The van der Waals surface area contributed by atoms with Crippen molar-refractivity contribution in [3.8, 4) is 0 Å². The monoisotopic (exact) mass is 208 g/mol. The van der Waals surface area contributed by atoms with Crippen molar-refractivity contribution in [1.82, 2.24) is 10.3 Å². The molecule has 1 saturated carbocycles. The number of furan rings is 1. The van der Waals surface area contributed by atoms with Crippen molar-refractivity contribution >= 4 is 5.96 Å². The van der Waals surface area contributed by atoms with E-state index in [0.29, 0.717) is 18.5 Å². The van der Waals surface area contributed by atoms with E-state index in [1.807, 2.05) is 12.1 Å². The van der Waals surface area contributed by atoms with Crippen LogP contribution in [0.3, 0.4) is 0 Å². The maximum Gasteiger partial charge on any atom is 0.208 e. The molecule has 0 radical (unpaired) electrons. The van der Waals surface area contributed by atoms with Gasteiger partial charge in [-0.3, -0.25) is 10.4 Å². The molecule has 1 aliphatic rings. The van der Waals surface area contributed by atoms with E-state index in [0.717, 1.165) is 5.76 Å². The van der Waals surface area contributed by atoms with Gasteiger partial charge in [-0.15, -0.1) is 0 Å². The zero-order valence-electron chi connectivity index (χ0n) is 8.81. The molecule has 1 aromatic heterocycles. The fourth-order valence-electron chi connectivity index (χ4n) is 1.61. The van der Waals surface area contributed by atoms with Gasteiger partial charge in [0.05, 0.1) is 12.8 Å². The van der Waals surface area contributed by atoms with Crippen molar-refractivity contribution in [1.29, 1.82) is 0 Å². The highest BCUT2D eigenvalue weighted by Gasteiger charge is 2.31. The number of aliphatic imine (C=N–C) groups is 1. The Bertz CT molecular complexity index is 329. The van der Waals surface area contributed by atoms with Crippen LogP contribution in [0.4, 0.5) is 0 Å². The molecule has 0 amide bonds. The summed E-state index contributed by atoms with van der Waals surface area (Å²) in [5, 5.41) is 0. The molecule has 2 rings (SSSR count). The number of rotatable bonds is 3. The maximum absolute atomic E-state index is 5.43. The predicted molar refractivity (Wildman–Crippen MR) is 58.0 cm³/mol. The Morgan fingerprint density at radius 1 is 1.73 bits per heavy atom. The van der Waals surface area contributed by atoms with Gasteiger partial charge in [0.15, 0.2) is 0 Å².